The van der Waals surface area contributed by atoms with Crippen molar-refractivity contribution in [3.8, 4) is 0 Å². The average molecular weight is 611 g/mol. The predicted octanol–water partition coefficient (Wildman–Crippen LogP) is 3.45. The summed E-state index contributed by atoms with van der Waals surface area (Å²) in [5.74, 6) is -0.611. The van der Waals surface area contributed by atoms with Gasteiger partial charge in [-0.3, -0.25) is 4.79 Å². The minimum absolute atomic E-state index is 0.0923. The topological polar surface area (TPSA) is 161 Å². The molecule has 1 aromatic rings. The Morgan fingerprint density at radius 2 is 1.44 bits per heavy atom. The fraction of sp³-hybridized carbons (Fsp3) is 0.562. The molecule has 2 heterocycles. The van der Waals surface area contributed by atoms with Gasteiger partial charge in [-0.2, -0.15) is 0 Å². The summed E-state index contributed by atoms with van der Waals surface area (Å²) in [4.78, 5) is 22.5. The molecular weight excluding hydrogens is 560 g/mol. The number of aliphatic hydroxyl groups is 4. The molecule has 11 nitrogen and oxygen atoms in total. The maximum atomic E-state index is 12.1. The van der Waals surface area contributed by atoms with Crippen LogP contribution in [-0.4, -0.2) is 95.3 Å². The van der Waals surface area contributed by atoms with E-state index < -0.39 is 55.2 Å². The number of aliphatic hydroxyl groups excluding tert-OH is 4. The van der Waals surface area contributed by atoms with Crippen molar-refractivity contribution < 1.29 is 53.7 Å². The molecule has 2 saturated heterocycles. The Morgan fingerprint density at radius 3 is 1.91 bits per heavy atom. The molecule has 2 fully saturated rings. The van der Waals surface area contributed by atoms with Gasteiger partial charge in [-0.15, -0.1) is 0 Å². The van der Waals surface area contributed by atoms with Crippen LogP contribution in [0.3, 0.4) is 0 Å². The van der Waals surface area contributed by atoms with Crippen LogP contribution in [0.15, 0.2) is 66.8 Å². The van der Waals surface area contributed by atoms with Crippen molar-refractivity contribution in [3.05, 3.63) is 72.4 Å². The molecule has 1 aromatic carbocycles. The van der Waals surface area contributed by atoms with Crippen molar-refractivity contribution in [2.45, 2.75) is 104 Å². The standard InChI is InChI=1S/C20H26O11.C8H12.2C2H6/c21-10-27-8-14-18(24)12(22)6-16(29-14)31-17-7-13(23)19(25)15(30-17)9-28-20(26)11-4-2-1-3-5-11;1-4-6-8(3)7-5-2;2*1-2/h1-5,10,12-19,22-25H,6-9H2;4-7H,1H2,2-3H3;2*1-2H3/b;7-5-,8-6-;;/t12?,13?,14?,15?,16-,17-,18+,19+;;;/m1.../s1. The van der Waals surface area contributed by atoms with E-state index >= 15 is 0 Å². The molecule has 0 aliphatic carbocycles. The molecule has 2 aliphatic heterocycles. The zero-order valence-corrected chi connectivity index (χ0v) is 26.1. The van der Waals surface area contributed by atoms with Crippen LogP contribution in [-0.2, 0) is 28.5 Å². The molecule has 244 valence electrons. The van der Waals surface area contributed by atoms with Crippen LogP contribution in [0.1, 0.15) is 64.7 Å². The third-order valence-electron chi connectivity index (χ3n) is 5.90. The zero-order valence-electron chi connectivity index (χ0n) is 26.1. The first kappa shape index (κ1) is 40.1. The average Bonchev–Trinajstić information content (AvgIpc) is 3.02. The smallest absolute Gasteiger partial charge is 0.338 e. The Balaban J connectivity index is 0.00000126. The minimum atomic E-state index is -1.31. The number of carbonyl (C=O) groups is 2. The zero-order chi connectivity index (χ0) is 32.8. The Morgan fingerprint density at radius 1 is 0.930 bits per heavy atom. The van der Waals surface area contributed by atoms with E-state index in [0.717, 1.165) is 0 Å². The number of rotatable bonds is 10. The number of ether oxygens (including phenoxy) is 5. The highest BCUT2D eigenvalue weighted by atomic mass is 16.8. The van der Waals surface area contributed by atoms with E-state index in [1.54, 1.807) is 36.4 Å². The molecule has 43 heavy (non-hydrogen) atoms. The lowest BCUT2D eigenvalue weighted by atomic mass is 10.0. The van der Waals surface area contributed by atoms with Gasteiger partial charge in [-0.05, 0) is 26.0 Å². The van der Waals surface area contributed by atoms with E-state index in [0.29, 0.717) is 5.56 Å². The molecule has 0 aromatic heterocycles. The maximum absolute atomic E-state index is 12.1. The van der Waals surface area contributed by atoms with E-state index in [9.17, 15) is 30.0 Å². The molecule has 0 amide bonds. The number of allylic oxidation sites excluding steroid dienone is 5. The quantitative estimate of drug-likeness (QED) is 0.174. The van der Waals surface area contributed by atoms with Crippen molar-refractivity contribution in [2.24, 2.45) is 0 Å². The second-order valence-corrected chi connectivity index (χ2v) is 8.97. The number of benzene rings is 1. The van der Waals surface area contributed by atoms with Gasteiger partial charge in [0.2, 0.25) is 0 Å². The first-order valence-corrected chi connectivity index (χ1v) is 14.6. The monoisotopic (exact) mass is 610 g/mol. The normalized spacial score (nSPS) is 28.5. The third-order valence-corrected chi connectivity index (χ3v) is 5.90. The van der Waals surface area contributed by atoms with E-state index in [1.165, 1.54) is 5.57 Å². The van der Waals surface area contributed by atoms with Crippen LogP contribution in [0.2, 0.25) is 0 Å². The summed E-state index contributed by atoms with van der Waals surface area (Å²) in [6, 6.07) is 8.26. The SMILES string of the molecule is C=C/C=C(C)\C=C/C.CC.CC.O=COCC1O[C@H](O[C@@H]2CC(O)[C@H](O)C(COC(=O)c3ccccc3)O2)CC(O)[C@@H]1O. The van der Waals surface area contributed by atoms with E-state index in [-0.39, 0.29) is 32.5 Å². The largest absolute Gasteiger partial charge is 0.465 e. The van der Waals surface area contributed by atoms with Gasteiger partial charge >= 0.3 is 5.97 Å². The van der Waals surface area contributed by atoms with Crippen molar-refractivity contribution in [3.63, 3.8) is 0 Å². The third kappa shape index (κ3) is 14.9. The van der Waals surface area contributed by atoms with Gasteiger partial charge in [0.15, 0.2) is 12.6 Å². The van der Waals surface area contributed by atoms with Crippen molar-refractivity contribution in [2.75, 3.05) is 13.2 Å². The van der Waals surface area contributed by atoms with Gasteiger partial charge in [0.05, 0.1) is 17.8 Å². The molecular formula is C32H50O11. The molecule has 11 heteroatoms. The van der Waals surface area contributed by atoms with Crippen LogP contribution in [0.4, 0.5) is 0 Å². The summed E-state index contributed by atoms with van der Waals surface area (Å²) in [7, 11) is 0. The number of esters is 1. The van der Waals surface area contributed by atoms with Gasteiger partial charge in [0.1, 0.15) is 37.6 Å². The Kier molecular flexibility index (Phi) is 22.0. The molecule has 2 aliphatic rings. The fourth-order valence-electron chi connectivity index (χ4n) is 3.90. The van der Waals surface area contributed by atoms with E-state index in [1.807, 2.05) is 59.8 Å². The van der Waals surface area contributed by atoms with Crippen LogP contribution in [0, 0.1) is 0 Å². The van der Waals surface area contributed by atoms with E-state index in [2.05, 4.69) is 11.3 Å². The van der Waals surface area contributed by atoms with Crippen molar-refractivity contribution in [1.29, 1.82) is 0 Å². The molecule has 8 atom stereocenters. The molecule has 4 unspecified atom stereocenters. The molecule has 0 saturated carbocycles. The molecule has 3 rings (SSSR count). The molecule has 0 bridgehead atoms. The summed E-state index contributed by atoms with van der Waals surface area (Å²) in [6.07, 6.45) is -1.52. The Bertz CT molecular complexity index is 950. The highest BCUT2D eigenvalue weighted by molar-refractivity contribution is 5.89. The van der Waals surface area contributed by atoms with Gasteiger partial charge < -0.3 is 44.1 Å². The molecule has 0 radical (unpaired) electrons. The van der Waals surface area contributed by atoms with Crippen LogP contribution in [0.25, 0.3) is 0 Å². The summed E-state index contributed by atoms with van der Waals surface area (Å²) < 4.78 is 26.5. The van der Waals surface area contributed by atoms with Gasteiger partial charge in [-0.25, -0.2) is 4.79 Å². The Hall–Kier alpha value is -2.90. The predicted molar refractivity (Wildman–Crippen MR) is 162 cm³/mol. The first-order valence-electron chi connectivity index (χ1n) is 14.6. The van der Waals surface area contributed by atoms with Gasteiger partial charge in [0.25, 0.3) is 6.47 Å². The number of hydrogen-bond donors (Lipinski definition) is 4. The summed E-state index contributed by atoms with van der Waals surface area (Å²) >= 11 is 0. The van der Waals surface area contributed by atoms with E-state index in [4.69, 9.17) is 18.9 Å². The summed E-state index contributed by atoms with van der Waals surface area (Å²) in [5.41, 5.74) is 1.57. The second kappa shape index (κ2) is 23.5. The fourth-order valence-corrected chi connectivity index (χ4v) is 3.90. The van der Waals surface area contributed by atoms with Crippen LogP contribution < -0.4 is 0 Å². The number of hydrogen-bond acceptors (Lipinski definition) is 11. The lowest BCUT2D eigenvalue weighted by Gasteiger charge is -2.41. The first-order chi connectivity index (χ1) is 20.7. The minimum Gasteiger partial charge on any atom is -0.465 e. The highest BCUT2D eigenvalue weighted by Crippen LogP contribution is 2.27. The highest BCUT2D eigenvalue weighted by Gasteiger charge is 2.42. The Labute approximate surface area is 255 Å². The van der Waals surface area contributed by atoms with Gasteiger partial charge in [-0.1, -0.05) is 82.4 Å². The lowest BCUT2D eigenvalue weighted by Crippen LogP contribution is -2.54. The van der Waals surface area contributed by atoms with Crippen LogP contribution in [0.5, 0.6) is 0 Å². The molecule has 0 spiro atoms. The number of carbonyl (C=O) groups excluding carboxylic acids is 2. The summed E-state index contributed by atoms with van der Waals surface area (Å²) in [5, 5.41) is 40.3. The van der Waals surface area contributed by atoms with Crippen LogP contribution >= 0.6 is 0 Å². The molecule has 4 N–H and O–H groups in total. The maximum Gasteiger partial charge on any atom is 0.338 e. The van der Waals surface area contributed by atoms with Crippen molar-refractivity contribution in [1.82, 2.24) is 0 Å². The second-order valence-electron chi connectivity index (χ2n) is 8.97. The summed E-state index contributed by atoms with van der Waals surface area (Å²) in [6.45, 7) is 15.2. The lowest BCUT2D eigenvalue weighted by molar-refractivity contribution is -0.333. The van der Waals surface area contributed by atoms with Gasteiger partial charge in [0, 0.05) is 12.8 Å². The van der Waals surface area contributed by atoms with Crippen molar-refractivity contribution >= 4 is 12.4 Å².